The molecule has 2 aliphatic heterocycles. The van der Waals surface area contributed by atoms with Crippen molar-refractivity contribution < 1.29 is 14.3 Å². The number of imide groups is 1. The Hall–Kier alpha value is -2.34. The number of methoxy groups -OCH3 is 1. The fraction of sp³-hybridized carbons (Fsp3) is 0.524. The first-order valence-corrected chi connectivity index (χ1v) is 9.83. The summed E-state index contributed by atoms with van der Waals surface area (Å²) in [4.78, 5) is 32.3. The van der Waals surface area contributed by atoms with Crippen LogP contribution in [0.25, 0.3) is 5.57 Å². The van der Waals surface area contributed by atoms with Gasteiger partial charge in [-0.1, -0.05) is 38.5 Å². The van der Waals surface area contributed by atoms with E-state index in [0.717, 1.165) is 45.6 Å². The molecule has 0 spiro atoms. The van der Waals surface area contributed by atoms with Crippen LogP contribution in [0.5, 0.6) is 5.75 Å². The van der Waals surface area contributed by atoms with E-state index in [1.54, 1.807) is 7.11 Å². The van der Waals surface area contributed by atoms with Crippen molar-refractivity contribution in [3.05, 3.63) is 35.5 Å². The number of piperazine rings is 1. The first-order valence-electron chi connectivity index (χ1n) is 9.83. The predicted molar refractivity (Wildman–Crippen MR) is 105 cm³/mol. The number of para-hydroxylation sites is 1. The van der Waals surface area contributed by atoms with Gasteiger partial charge in [0.25, 0.3) is 11.8 Å². The lowest BCUT2D eigenvalue weighted by atomic mass is 10.0. The van der Waals surface area contributed by atoms with Gasteiger partial charge >= 0.3 is 0 Å². The largest absolute Gasteiger partial charge is 0.496 e. The van der Waals surface area contributed by atoms with Crippen LogP contribution in [0, 0.1) is 0 Å². The van der Waals surface area contributed by atoms with Gasteiger partial charge < -0.3 is 14.5 Å². The van der Waals surface area contributed by atoms with Crippen molar-refractivity contribution in [1.82, 2.24) is 14.7 Å². The van der Waals surface area contributed by atoms with Gasteiger partial charge in [0.15, 0.2) is 0 Å². The number of benzene rings is 1. The molecule has 0 bridgehead atoms. The zero-order chi connectivity index (χ0) is 19.4. The van der Waals surface area contributed by atoms with Crippen molar-refractivity contribution in [3.8, 4) is 5.75 Å². The second-order valence-corrected chi connectivity index (χ2v) is 6.96. The van der Waals surface area contributed by atoms with Gasteiger partial charge in [-0.05, 0) is 19.0 Å². The Morgan fingerprint density at radius 3 is 2.33 bits per heavy atom. The molecule has 6 nitrogen and oxygen atoms in total. The van der Waals surface area contributed by atoms with E-state index in [4.69, 9.17) is 4.74 Å². The highest BCUT2D eigenvalue weighted by atomic mass is 16.5. The molecule has 0 atom stereocenters. The lowest BCUT2D eigenvalue weighted by Crippen LogP contribution is -2.47. The van der Waals surface area contributed by atoms with Crippen molar-refractivity contribution in [2.75, 3.05) is 46.4 Å². The van der Waals surface area contributed by atoms with E-state index in [1.165, 1.54) is 4.90 Å². The van der Waals surface area contributed by atoms with Crippen molar-refractivity contribution in [1.29, 1.82) is 0 Å². The maximum Gasteiger partial charge on any atom is 0.277 e. The van der Waals surface area contributed by atoms with Crippen LogP contribution >= 0.6 is 0 Å². The van der Waals surface area contributed by atoms with E-state index in [0.29, 0.717) is 29.1 Å². The van der Waals surface area contributed by atoms with E-state index in [9.17, 15) is 9.59 Å². The molecule has 2 aliphatic rings. The monoisotopic (exact) mass is 371 g/mol. The number of nitrogens with zero attached hydrogens (tertiary/aromatic N) is 3. The summed E-state index contributed by atoms with van der Waals surface area (Å²) in [6.07, 6.45) is 1.75. The number of likely N-dealkylation sites (N-methyl/N-ethyl adjacent to an activating group) is 1. The average molecular weight is 371 g/mol. The topological polar surface area (TPSA) is 53.1 Å². The van der Waals surface area contributed by atoms with Gasteiger partial charge in [-0.25, -0.2) is 0 Å². The van der Waals surface area contributed by atoms with E-state index in [-0.39, 0.29) is 11.8 Å². The highest BCUT2D eigenvalue weighted by Gasteiger charge is 2.42. The minimum atomic E-state index is -0.203. The van der Waals surface area contributed by atoms with Gasteiger partial charge in [-0.3, -0.25) is 14.5 Å². The number of ether oxygens (including phenoxy) is 1. The molecule has 0 aliphatic carbocycles. The van der Waals surface area contributed by atoms with Crippen LogP contribution in [0.3, 0.4) is 0 Å². The predicted octanol–water partition coefficient (Wildman–Crippen LogP) is 2.21. The second kappa shape index (κ2) is 8.57. The molecule has 1 aromatic carbocycles. The van der Waals surface area contributed by atoms with Crippen molar-refractivity contribution in [3.63, 3.8) is 0 Å². The summed E-state index contributed by atoms with van der Waals surface area (Å²) in [6, 6.07) is 7.45. The number of rotatable bonds is 7. The second-order valence-electron chi connectivity index (χ2n) is 6.96. The van der Waals surface area contributed by atoms with Gasteiger partial charge in [-0.15, -0.1) is 0 Å². The van der Waals surface area contributed by atoms with E-state index in [1.807, 2.05) is 24.3 Å². The van der Waals surface area contributed by atoms with Gasteiger partial charge in [0.2, 0.25) is 0 Å². The summed E-state index contributed by atoms with van der Waals surface area (Å²) < 4.78 is 5.48. The first-order chi connectivity index (χ1) is 13.1. The van der Waals surface area contributed by atoms with Crippen LogP contribution in [0.4, 0.5) is 0 Å². The van der Waals surface area contributed by atoms with Gasteiger partial charge in [0.1, 0.15) is 11.4 Å². The average Bonchev–Trinajstić information content (AvgIpc) is 2.96. The number of unbranched alkanes of at least 4 members (excludes halogenated alkanes) is 1. The lowest BCUT2D eigenvalue weighted by molar-refractivity contribution is -0.137. The molecular formula is C21H29N3O3. The third-order valence-corrected chi connectivity index (χ3v) is 5.39. The quantitative estimate of drug-likeness (QED) is 0.688. The summed E-state index contributed by atoms with van der Waals surface area (Å²) in [6.45, 7) is 8.97. The molecule has 0 unspecified atom stereocenters. The van der Waals surface area contributed by atoms with Gasteiger partial charge in [-0.2, -0.15) is 0 Å². The number of hydrogen-bond donors (Lipinski definition) is 0. The molecule has 1 aromatic rings. The first kappa shape index (κ1) is 19.4. The molecule has 2 amide bonds. The fourth-order valence-electron chi connectivity index (χ4n) is 3.76. The minimum absolute atomic E-state index is 0.167. The molecule has 3 rings (SSSR count). The lowest BCUT2D eigenvalue weighted by Gasteiger charge is -2.36. The molecule has 0 saturated carbocycles. The number of carbonyl (C=O) groups excluding carboxylic acids is 2. The zero-order valence-electron chi connectivity index (χ0n) is 16.5. The SMILES string of the molecule is CCCCN1C(=O)C(c2ccccc2OC)=C(N2CCN(CC)CC2)C1=O. The molecular weight excluding hydrogens is 342 g/mol. The Bertz CT molecular complexity index is 736. The molecule has 27 heavy (non-hydrogen) atoms. The Labute approximate surface area is 161 Å². The summed E-state index contributed by atoms with van der Waals surface area (Å²) in [5.41, 5.74) is 1.72. The maximum absolute atomic E-state index is 13.2. The summed E-state index contributed by atoms with van der Waals surface area (Å²) >= 11 is 0. The Morgan fingerprint density at radius 2 is 1.70 bits per heavy atom. The number of carbonyl (C=O) groups is 2. The molecule has 0 radical (unpaired) electrons. The van der Waals surface area contributed by atoms with Crippen molar-refractivity contribution in [2.24, 2.45) is 0 Å². The van der Waals surface area contributed by atoms with Gasteiger partial charge in [0.05, 0.1) is 12.7 Å². The van der Waals surface area contributed by atoms with Crippen LogP contribution < -0.4 is 4.74 Å². The van der Waals surface area contributed by atoms with Crippen LogP contribution in [0.15, 0.2) is 30.0 Å². The van der Waals surface area contributed by atoms with E-state index in [2.05, 4.69) is 23.6 Å². The molecule has 0 aromatic heterocycles. The van der Waals surface area contributed by atoms with Crippen molar-refractivity contribution >= 4 is 17.4 Å². The molecule has 1 fully saturated rings. The minimum Gasteiger partial charge on any atom is -0.496 e. The molecule has 1 saturated heterocycles. The molecule has 2 heterocycles. The Balaban J connectivity index is 2.02. The molecule has 0 N–H and O–H groups in total. The van der Waals surface area contributed by atoms with E-state index < -0.39 is 0 Å². The summed E-state index contributed by atoms with van der Waals surface area (Å²) in [5, 5.41) is 0. The third-order valence-electron chi connectivity index (χ3n) is 5.39. The zero-order valence-corrected chi connectivity index (χ0v) is 16.5. The number of amides is 2. The normalized spacial score (nSPS) is 18.6. The van der Waals surface area contributed by atoms with Crippen LogP contribution in [-0.2, 0) is 9.59 Å². The number of hydrogen-bond acceptors (Lipinski definition) is 5. The van der Waals surface area contributed by atoms with Crippen LogP contribution in [-0.4, -0.2) is 72.9 Å². The standard InChI is InChI=1S/C21H29N3O3/c1-4-6-11-24-20(25)18(16-9-7-8-10-17(16)27-3)19(21(24)26)23-14-12-22(5-2)13-15-23/h7-10H,4-6,11-15H2,1-3H3. The Morgan fingerprint density at radius 1 is 1.00 bits per heavy atom. The summed E-state index contributed by atoms with van der Waals surface area (Å²) in [7, 11) is 1.59. The smallest absolute Gasteiger partial charge is 0.277 e. The van der Waals surface area contributed by atoms with Crippen LogP contribution in [0.1, 0.15) is 32.3 Å². The highest BCUT2D eigenvalue weighted by Crippen LogP contribution is 2.36. The maximum atomic E-state index is 13.2. The molecule has 146 valence electrons. The fourth-order valence-corrected chi connectivity index (χ4v) is 3.76. The van der Waals surface area contributed by atoms with E-state index >= 15 is 0 Å². The molecule has 6 heteroatoms. The highest BCUT2D eigenvalue weighted by molar-refractivity contribution is 6.36. The Kier molecular flexibility index (Phi) is 6.16. The summed E-state index contributed by atoms with van der Waals surface area (Å²) in [5.74, 6) is 0.251. The third kappa shape index (κ3) is 3.72. The van der Waals surface area contributed by atoms with Gasteiger partial charge in [0, 0.05) is 38.3 Å². The van der Waals surface area contributed by atoms with Crippen LogP contribution in [0.2, 0.25) is 0 Å². The van der Waals surface area contributed by atoms with Crippen molar-refractivity contribution in [2.45, 2.75) is 26.7 Å².